The van der Waals surface area contributed by atoms with Gasteiger partial charge in [-0.1, -0.05) is 19.9 Å². The van der Waals surface area contributed by atoms with Gasteiger partial charge in [0.25, 0.3) is 0 Å². The normalized spacial score (nSPS) is 15.4. The van der Waals surface area contributed by atoms with Crippen LogP contribution in [0.4, 0.5) is 0 Å². The Labute approximate surface area is 116 Å². The van der Waals surface area contributed by atoms with Crippen molar-refractivity contribution in [3.63, 3.8) is 0 Å². The van der Waals surface area contributed by atoms with Crippen molar-refractivity contribution in [3.05, 3.63) is 23.8 Å². The highest BCUT2D eigenvalue weighted by molar-refractivity contribution is 5.43. The van der Waals surface area contributed by atoms with Crippen molar-refractivity contribution in [2.75, 3.05) is 26.3 Å². The van der Waals surface area contributed by atoms with Gasteiger partial charge in [-0.05, 0) is 56.0 Å². The summed E-state index contributed by atoms with van der Waals surface area (Å²) in [6.07, 6.45) is 1.12. The Balaban J connectivity index is 2.04. The number of ether oxygens (including phenoxy) is 2. The lowest BCUT2D eigenvalue weighted by molar-refractivity contribution is 0.247. The van der Waals surface area contributed by atoms with Gasteiger partial charge < -0.3 is 14.8 Å². The maximum atomic E-state index is 5.81. The van der Waals surface area contributed by atoms with Crippen LogP contribution in [-0.4, -0.2) is 26.3 Å². The Bertz CT molecular complexity index is 400. The molecule has 0 unspecified atom stereocenters. The van der Waals surface area contributed by atoms with E-state index in [1.54, 1.807) is 0 Å². The maximum Gasteiger partial charge on any atom is 0.161 e. The largest absolute Gasteiger partial charge is 0.490 e. The van der Waals surface area contributed by atoms with Crippen molar-refractivity contribution in [1.82, 2.24) is 5.32 Å². The van der Waals surface area contributed by atoms with E-state index in [1.165, 1.54) is 5.56 Å². The lowest BCUT2D eigenvalue weighted by atomic mass is 9.94. The molecule has 3 heteroatoms. The minimum atomic E-state index is 0.523. The lowest BCUT2D eigenvalue weighted by Crippen LogP contribution is -2.43. The van der Waals surface area contributed by atoms with E-state index in [1.807, 2.05) is 6.92 Å². The molecule has 0 bridgehead atoms. The Morgan fingerprint density at radius 2 is 2.00 bits per heavy atom. The fourth-order valence-electron chi connectivity index (χ4n) is 2.15. The fraction of sp³-hybridized carbons (Fsp3) is 0.625. The molecule has 0 aliphatic carbocycles. The maximum absolute atomic E-state index is 5.81. The first-order chi connectivity index (χ1) is 9.19. The Morgan fingerprint density at radius 3 is 2.58 bits per heavy atom. The first kappa shape index (κ1) is 14.2. The summed E-state index contributed by atoms with van der Waals surface area (Å²) in [5.41, 5.74) is 1.34. The van der Waals surface area contributed by atoms with E-state index in [0.29, 0.717) is 12.5 Å². The first-order valence-corrected chi connectivity index (χ1v) is 7.28. The molecule has 3 nitrogen and oxygen atoms in total. The monoisotopic (exact) mass is 263 g/mol. The van der Waals surface area contributed by atoms with Crippen molar-refractivity contribution in [2.24, 2.45) is 11.8 Å². The predicted molar refractivity (Wildman–Crippen MR) is 78.0 cm³/mol. The zero-order chi connectivity index (χ0) is 13.7. The minimum Gasteiger partial charge on any atom is -0.490 e. The molecule has 1 aliphatic rings. The molecule has 1 N–H and O–H groups in total. The number of hydrogen-bond acceptors (Lipinski definition) is 3. The van der Waals surface area contributed by atoms with E-state index in [-0.39, 0.29) is 0 Å². The molecule has 0 aromatic heterocycles. The molecule has 1 saturated heterocycles. The third-order valence-corrected chi connectivity index (χ3v) is 3.27. The molecule has 0 radical (unpaired) electrons. The molecule has 1 heterocycles. The quantitative estimate of drug-likeness (QED) is 0.820. The second kappa shape index (κ2) is 6.80. The van der Waals surface area contributed by atoms with E-state index in [0.717, 1.165) is 43.5 Å². The number of nitrogens with one attached hydrogen (secondary N) is 1. The van der Waals surface area contributed by atoms with Crippen molar-refractivity contribution in [2.45, 2.75) is 27.2 Å². The van der Waals surface area contributed by atoms with E-state index in [9.17, 15) is 0 Å². The van der Waals surface area contributed by atoms with E-state index in [2.05, 4.69) is 37.4 Å². The summed E-state index contributed by atoms with van der Waals surface area (Å²) < 4.78 is 11.5. The first-order valence-electron chi connectivity index (χ1n) is 7.28. The molecule has 1 aromatic rings. The Morgan fingerprint density at radius 1 is 1.21 bits per heavy atom. The zero-order valence-electron chi connectivity index (χ0n) is 12.2. The average Bonchev–Trinajstić information content (AvgIpc) is 2.33. The van der Waals surface area contributed by atoms with Crippen LogP contribution in [0.25, 0.3) is 0 Å². The number of benzene rings is 1. The minimum absolute atomic E-state index is 0.523. The third-order valence-electron chi connectivity index (χ3n) is 3.27. The van der Waals surface area contributed by atoms with Gasteiger partial charge in [0.2, 0.25) is 0 Å². The molecule has 19 heavy (non-hydrogen) atoms. The summed E-state index contributed by atoms with van der Waals surface area (Å²) >= 11 is 0. The Kier molecular flexibility index (Phi) is 5.08. The van der Waals surface area contributed by atoms with Gasteiger partial charge in [0.05, 0.1) is 13.2 Å². The van der Waals surface area contributed by atoms with Crippen LogP contribution in [0.15, 0.2) is 18.2 Å². The van der Waals surface area contributed by atoms with Crippen LogP contribution in [0.3, 0.4) is 0 Å². The molecule has 0 amide bonds. The van der Waals surface area contributed by atoms with Gasteiger partial charge in [0.15, 0.2) is 11.5 Å². The second-order valence-corrected chi connectivity index (χ2v) is 5.65. The van der Waals surface area contributed by atoms with Gasteiger partial charge >= 0.3 is 0 Å². The lowest BCUT2D eigenvalue weighted by Gasteiger charge is -2.27. The van der Waals surface area contributed by atoms with E-state index >= 15 is 0 Å². The second-order valence-electron chi connectivity index (χ2n) is 5.65. The standard InChI is InChI=1S/C16H25NO2/c1-4-18-16-8-13(7-14-9-17-10-14)5-6-15(16)19-11-12(2)3/h5-6,8,12,14,17H,4,7,9-11H2,1-3H3. The van der Waals surface area contributed by atoms with Crippen molar-refractivity contribution < 1.29 is 9.47 Å². The fourth-order valence-corrected chi connectivity index (χ4v) is 2.15. The van der Waals surface area contributed by atoms with Gasteiger partial charge in [-0.25, -0.2) is 0 Å². The molecule has 106 valence electrons. The van der Waals surface area contributed by atoms with Crippen molar-refractivity contribution in [3.8, 4) is 11.5 Å². The van der Waals surface area contributed by atoms with Crippen LogP contribution < -0.4 is 14.8 Å². The van der Waals surface area contributed by atoms with Crippen molar-refractivity contribution in [1.29, 1.82) is 0 Å². The highest BCUT2D eigenvalue weighted by atomic mass is 16.5. The van der Waals surface area contributed by atoms with Gasteiger partial charge in [-0.2, -0.15) is 0 Å². The molecular formula is C16H25NO2. The summed E-state index contributed by atoms with van der Waals surface area (Å²) in [7, 11) is 0. The van der Waals surface area contributed by atoms with Crippen LogP contribution >= 0.6 is 0 Å². The van der Waals surface area contributed by atoms with E-state index < -0.39 is 0 Å². The summed E-state index contributed by atoms with van der Waals surface area (Å²) in [5.74, 6) is 3.05. The number of hydrogen-bond donors (Lipinski definition) is 1. The highest BCUT2D eigenvalue weighted by Crippen LogP contribution is 2.30. The van der Waals surface area contributed by atoms with Gasteiger partial charge in [0, 0.05) is 0 Å². The van der Waals surface area contributed by atoms with E-state index in [4.69, 9.17) is 9.47 Å². The molecule has 0 saturated carbocycles. The van der Waals surface area contributed by atoms with Gasteiger partial charge in [-0.15, -0.1) is 0 Å². The smallest absolute Gasteiger partial charge is 0.161 e. The third kappa shape index (κ3) is 4.13. The SMILES string of the molecule is CCOc1cc(CC2CNC2)ccc1OCC(C)C. The molecule has 0 spiro atoms. The Hall–Kier alpha value is -1.22. The summed E-state index contributed by atoms with van der Waals surface area (Å²) in [6.45, 7) is 9.98. The molecule has 1 aliphatic heterocycles. The van der Waals surface area contributed by atoms with Crippen LogP contribution in [0.5, 0.6) is 11.5 Å². The number of rotatable bonds is 7. The molecule has 0 atom stereocenters. The summed E-state index contributed by atoms with van der Waals surface area (Å²) in [6, 6.07) is 6.35. The van der Waals surface area contributed by atoms with Gasteiger partial charge in [0.1, 0.15) is 0 Å². The van der Waals surface area contributed by atoms with Crippen LogP contribution in [0, 0.1) is 11.8 Å². The van der Waals surface area contributed by atoms with Crippen LogP contribution in [0.2, 0.25) is 0 Å². The predicted octanol–water partition coefficient (Wildman–Crippen LogP) is 2.88. The van der Waals surface area contributed by atoms with Crippen LogP contribution in [-0.2, 0) is 6.42 Å². The molecule has 1 fully saturated rings. The average molecular weight is 263 g/mol. The zero-order valence-corrected chi connectivity index (χ0v) is 12.2. The molecule has 2 rings (SSSR count). The van der Waals surface area contributed by atoms with Crippen LogP contribution in [0.1, 0.15) is 26.3 Å². The highest BCUT2D eigenvalue weighted by Gasteiger charge is 2.18. The molecular weight excluding hydrogens is 238 g/mol. The summed E-state index contributed by atoms with van der Waals surface area (Å²) in [4.78, 5) is 0. The summed E-state index contributed by atoms with van der Waals surface area (Å²) in [5, 5.41) is 3.31. The topological polar surface area (TPSA) is 30.5 Å². The van der Waals surface area contributed by atoms with Crippen molar-refractivity contribution >= 4 is 0 Å². The molecule has 1 aromatic carbocycles. The van der Waals surface area contributed by atoms with Gasteiger partial charge in [-0.3, -0.25) is 0 Å².